The minimum absolute atomic E-state index is 0. The van der Waals surface area contributed by atoms with Gasteiger partial charge in [-0.15, -0.1) is 38.0 Å². The lowest BCUT2D eigenvalue weighted by molar-refractivity contribution is -0.274. The number of ether oxygens (including phenoxy) is 2. The number of rotatable bonds is 6. The largest absolute Gasteiger partial charge is 0.573 e. The van der Waals surface area contributed by atoms with Gasteiger partial charge in [0.1, 0.15) is 11.5 Å². The van der Waals surface area contributed by atoms with Gasteiger partial charge in [0, 0.05) is 26.2 Å². The molecule has 0 unspecified atom stereocenters. The Kier molecular flexibility index (Phi) is 10.1. The van der Waals surface area contributed by atoms with Crippen molar-refractivity contribution in [3.63, 3.8) is 0 Å². The molecule has 9 heteroatoms. The quantitative estimate of drug-likeness (QED) is 0.680. The van der Waals surface area contributed by atoms with Gasteiger partial charge in [0.15, 0.2) is 0 Å². The van der Waals surface area contributed by atoms with E-state index in [0.717, 1.165) is 43.1 Å². The highest BCUT2D eigenvalue weighted by Gasteiger charge is 2.31. The molecule has 1 fully saturated rings. The molecule has 0 aromatic heterocycles. The van der Waals surface area contributed by atoms with Crippen molar-refractivity contribution in [3.05, 3.63) is 59.7 Å². The fourth-order valence-corrected chi connectivity index (χ4v) is 3.35. The maximum Gasteiger partial charge on any atom is 0.573 e. The van der Waals surface area contributed by atoms with Gasteiger partial charge in [0.2, 0.25) is 0 Å². The summed E-state index contributed by atoms with van der Waals surface area (Å²) in [7, 11) is 0. The molecular weight excluding hydrogens is 428 g/mol. The monoisotopic (exact) mass is 452 g/mol. The van der Waals surface area contributed by atoms with E-state index in [2.05, 4.69) is 15.0 Å². The Morgan fingerprint density at radius 2 is 1.62 bits per heavy atom. The summed E-state index contributed by atoms with van der Waals surface area (Å²) in [6, 6.07) is 13.9. The third kappa shape index (κ3) is 7.26. The summed E-state index contributed by atoms with van der Waals surface area (Å²) >= 11 is 0. The van der Waals surface area contributed by atoms with Crippen LogP contribution >= 0.6 is 24.8 Å². The fraction of sp³-hybridized carbons (Fsp3) is 0.400. The van der Waals surface area contributed by atoms with E-state index in [1.165, 1.54) is 12.1 Å². The molecule has 29 heavy (non-hydrogen) atoms. The number of alkyl halides is 3. The minimum Gasteiger partial charge on any atom is -0.494 e. The summed E-state index contributed by atoms with van der Waals surface area (Å²) in [5.41, 5.74) is 1.97. The average molecular weight is 453 g/mol. The van der Waals surface area contributed by atoms with E-state index in [4.69, 9.17) is 4.74 Å². The lowest BCUT2D eigenvalue weighted by atomic mass is 9.96. The van der Waals surface area contributed by atoms with E-state index >= 15 is 0 Å². The van der Waals surface area contributed by atoms with Crippen molar-refractivity contribution in [3.8, 4) is 11.5 Å². The smallest absolute Gasteiger partial charge is 0.494 e. The molecule has 1 aliphatic heterocycles. The summed E-state index contributed by atoms with van der Waals surface area (Å²) < 4.78 is 46.9. The summed E-state index contributed by atoms with van der Waals surface area (Å²) in [4.78, 5) is 2.32. The van der Waals surface area contributed by atoms with Crippen LogP contribution in [0.25, 0.3) is 0 Å². The van der Waals surface area contributed by atoms with Crippen LogP contribution in [0.1, 0.15) is 24.1 Å². The first-order chi connectivity index (χ1) is 13.0. The number of halogens is 5. The molecule has 0 bridgehead atoms. The summed E-state index contributed by atoms with van der Waals surface area (Å²) in [5.74, 6) is 0.570. The first kappa shape index (κ1) is 25.4. The Balaban J connectivity index is 0.00000210. The van der Waals surface area contributed by atoms with Crippen LogP contribution in [0.4, 0.5) is 13.2 Å². The summed E-state index contributed by atoms with van der Waals surface area (Å²) in [6.07, 6.45) is -4.69. The number of nitrogens with zero attached hydrogens (tertiary/aromatic N) is 1. The van der Waals surface area contributed by atoms with Gasteiger partial charge in [-0.2, -0.15) is 0 Å². The maximum atomic E-state index is 12.4. The average Bonchev–Trinajstić information content (AvgIpc) is 2.64. The Labute approximate surface area is 181 Å². The van der Waals surface area contributed by atoms with E-state index in [9.17, 15) is 13.2 Å². The minimum atomic E-state index is -4.69. The van der Waals surface area contributed by atoms with Crippen LogP contribution in [0.2, 0.25) is 0 Å². The van der Waals surface area contributed by atoms with Crippen molar-refractivity contribution in [2.24, 2.45) is 0 Å². The van der Waals surface area contributed by atoms with Gasteiger partial charge in [-0.1, -0.05) is 24.3 Å². The SMILES string of the molecule is CCOc1cccc([C@@H](c2ccc(OC(F)(F)F)cc2)N2CCNCC2)c1.Cl.Cl. The summed E-state index contributed by atoms with van der Waals surface area (Å²) in [5, 5.41) is 3.33. The third-order valence-electron chi connectivity index (χ3n) is 4.43. The number of benzene rings is 2. The van der Waals surface area contributed by atoms with Crippen LogP contribution in [0.5, 0.6) is 11.5 Å². The maximum absolute atomic E-state index is 12.4. The second-order valence-electron chi connectivity index (χ2n) is 6.31. The lowest BCUT2D eigenvalue weighted by Gasteiger charge is -2.35. The first-order valence-electron chi connectivity index (χ1n) is 8.99. The Hall–Kier alpha value is -1.67. The van der Waals surface area contributed by atoms with E-state index in [1.807, 2.05) is 31.2 Å². The molecule has 0 radical (unpaired) electrons. The predicted octanol–water partition coefficient (Wildman–Crippen LogP) is 4.82. The molecule has 0 amide bonds. The van der Waals surface area contributed by atoms with Gasteiger partial charge in [-0.3, -0.25) is 4.90 Å². The van der Waals surface area contributed by atoms with Gasteiger partial charge < -0.3 is 14.8 Å². The molecule has 1 aliphatic rings. The van der Waals surface area contributed by atoms with Crippen LogP contribution < -0.4 is 14.8 Å². The van der Waals surface area contributed by atoms with E-state index in [0.29, 0.717) is 6.61 Å². The Bertz CT molecular complexity index is 739. The zero-order valence-electron chi connectivity index (χ0n) is 15.9. The molecule has 0 saturated carbocycles. The van der Waals surface area contributed by atoms with Gasteiger partial charge in [-0.25, -0.2) is 0 Å². The van der Waals surface area contributed by atoms with Crippen LogP contribution in [0, 0.1) is 0 Å². The third-order valence-corrected chi connectivity index (χ3v) is 4.43. The summed E-state index contributed by atoms with van der Waals surface area (Å²) in [6.45, 7) is 5.95. The molecule has 3 rings (SSSR count). The van der Waals surface area contributed by atoms with Crippen molar-refractivity contribution < 1.29 is 22.6 Å². The number of piperazine rings is 1. The molecule has 1 heterocycles. The zero-order chi connectivity index (χ0) is 19.3. The highest BCUT2D eigenvalue weighted by atomic mass is 35.5. The molecule has 1 N–H and O–H groups in total. The standard InChI is InChI=1S/C20H23F3N2O2.2ClH/c1-2-26-18-5-3-4-16(14-18)19(25-12-10-24-11-13-25)15-6-8-17(9-7-15)27-20(21,22)23;;/h3-9,14,19,24H,2,10-13H2,1H3;2*1H/t19-;;/m1../s1. The second-order valence-corrected chi connectivity index (χ2v) is 6.31. The van der Waals surface area contributed by atoms with E-state index in [1.54, 1.807) is 12.1 Å². The second kappa shape index (κ2) is 11.5. The van der Waals surface area contributed by atoms with E-state index in [-0.39, 0.29) is 36.6 Å². The van der Waals surface area contributed by atoms with Crippen molar-refractivity contribution in [2.75, 3.05) is 32.8 Å². The normalized spacial score (nSPS) is 15.6. The molecule has 1 atom stereocenters. The van der Waals surface area contributed by atoms with E-state index < -0.39 is 6.36 Å². The number of hydrogen-bond donors (Lipinski definition) is 1. The van der Waals surface area contributed by atoms with Gasteiger partial charge in [0.05, 0.1) is 12.6 Å². The molecule has 0 spiro atoms. The van der Waals surface area contributed by atoms with Crippen LogP contribution in [0.15, 0.2) is 48.5 Å². The topological polar surface area (TPSA) is 33.7 Å². The molecule has 0 aliphatic carbocycles. The van der Waals surface area contributed by atoms with Crippen molar-refractivity contribution >= 4 is 24.8 Å². The van der Waals surface area contributed by atoms with Crippen LogP contribution in [-0.2, 0) is 0 Å². The molecule has 4 nitrogen and oxygen atoms in total. The van der Waals surface area contributed by atoms with Crippen LogP contribution in [0.3, 0.4) is 0 Å². The highest BCUT2D eigenvalue weighted by molar-refractivity contribution is 5.85. The molecule has 2 aromatic rings. The molecule has 162 valence electrons. The highest BCUT2D eigenvalue weighted by Crippen LogP contribution is 2.33. The Morgan fingerprint density at radius 1 is 0.966 bits per heavy atom. The molecule has 1 saturated heterocycles. The van der Waals surface area contributed by atoms with Crippen molar-refractivity contribution in [1.82, 2.24) is 10.2 Å². The fourth-order valence-electron chi connectivity index (χ4n) is 3.35. The van der Waals surface area contributed by atoms with Gasteiger partial charge >= 0.3 is 6.36 Å². The number of hydrogen-bond acceptors (Lipinski definition) is 4. The zero-order valence-corrected chi connectivity index (χ0v) is 17.6. The molecular formula is C20H25Cl2F3N2O2. The van der Waals surface area contributed by atoms with Gasteiger partial charge in [-0.05, 0) is 42.3 Å². The first-order valence-corrected chi connectivity index (χ1v) is 8.99. The number of nitrogens with one attached hydrogen (secondary N) is 1. The molecule has 2 aromatic carbocycles. The lowest BCUT2D eigenvalue weighted by Crippen LogP contribution is -2.45. The van der Waals surface area contributed by atoms with Gasteiger partial charge in [0.25, 0.3) is 0 Å². The van der Waals surface area contributed by atoms with Crippen molar-refractivity contribution in [1.29, 1.82) is 0 Å². The van der Waals surface area contributed by atoms with Crippen molar-refractivity contribution in [2.45, 2.75) is 19.3 Å². The Morgan fingerprint density at radius 3 is 2.21 bits per heavy atom. The predicted molar refractivity (Wildman–Crippen MR) is 112 cm³/mol. The van der Waals surface area contributed by atoms with Crippen LogP contribution in [-0.4, -0.2) is 44.0 Å².